The second-order valence-electron chi connectivity index (χ2n) is 13.8. The first-order chi connectivity index (χ1) is 26.5. The van der Waals surface area contributed by atoms with Gasteiger partial charge in [0, 0.05) is 30.8 Å². The van der Waals surface area contributed by atoms with Gasteiger partial charge in [-0.2, -0.15) is 74.6 Å². The first-order valence-electron chi connectivity index (χ1n) is 16.7. The average molecular weight is 857 g/mol. The number of hydrogen-bond acceptors (Lipinski definition) is 3. The summed E-state index contributed by atoms with van der Waals surface area (Å²) < 4.78 is 238. The Kier molecular flexibility index (Phi) is 11.0. The van der Waals surface area contributed by atoms with Crippen LogP contribution in [0.4, 0.5) is 80.3 Å². The third-order valence-corrected chi connectivity index (χ3v) is 10.4. The molecule has 1 saturated heterocycles. The Morgan fingerprint density at radius 1 is 0.724 bits per heavy atom. The van der Waals surface area contributed by atoms with Crippen molar-refractivity contribution in [3.8, 4) is 5.75 Å². The second kappa shape index (κ2) is 14.3. The molecule has 3 aromatic carbocycles. The number of rotatable bonds is 14. The summed E-state index contributed by atoms with van der Waals surface area (Å²) in [5.41, 5.74) is 0.683. The van der Waals surface area contributed by atoms with E-state index in [-0.39, 0.29) is 24.4 Å². The molecule has 3 aromatic rings. The van der Waals surface area contributed by atoms with E-state index in [1.54, 1.807) is 54.6 Å². The lowest BCUT2D eigenvalue weighted by molar-refractivity contribution is -0.461. The molecule has 2 aliphatic rings. The Labute approximate surface area is 317 Å². The maximum atomic E-state index is 14.6. The number of halogens is 17. The number of carbonyl (C=O) groups is 1. The van der Waals surface area contributed by atoms with E-state index in [9.17, 15) is 79.4 Å². The largest absolute Gasteiger partial charge is 0.497 e. The Morgan fingerprint density at radius 3 is 1.76 bits per heavy atom. The van der Waals surface area contributed by atoms with E-state index in [4.69, 9.17) is 4.74 Å². The van der Waals surface area contributed by atoms with Crippen LogP contribution in [0.15, 0.2) is 85.5 Å². The van der Waals surface area contributed by atoms with Crippen molar-refractivity contribution < 1.29 is 84.2 Å². The van der Waals surface area contributed by atoms with Crippen LogP contribution in [0.25, 0.3) is 0 Å². The Hall–Kier alpha value is -4.56. The van der Waals surface area contributed by atoms with Crippen molar-refractivity contribution in [2.24, 2.45) is 0 Å². The van der Waals surface area contributed by atoms with E-state index < -0.39 is 78.0 Å². The fourth-order valence-corrected chi connectivity index (χ4v) is 7.22. The number of nitrogens with zero attached hydrogens (tertiary/aromatic N) is 1. The van der Waals surface area contributed by atoms with E-state index in [0.717, 1.165) is 12.1 Å². The molecule has 318 valence electrons. The molecule has 0 aliphatic carbocycles. The van der Waals surface area contributed by atoms with Crippen LogP contribution >= 0.6 is 0 Å². The lowest BCUT2D eigenvalue weighted by atomic mass is 9.72. The van der Waals surface area contributed by atoms with E-state index in [1.807, 2.05) is 4.90 Å². The van der Waals surface area contributed by atoms with Crippen molar-refractivity contribution in [1.82, 2.24) is 4.90 Å². The fourth-order valence-electron chi connectivity index (χ4n) is 7.22. The molecule has 2 heterocycles. The number of aryl methyl sites for hydroxylation is 1. The summed E-state index contributed by atoms with van der Waals surface area (Å²) in [5, 5.41) is 2.90. The molecule has 1 fully saturated rings. The number of likely N-dealkylation sites (tertiary alicyclic amines) is 1. The first-order valence-corrected chi connectivity index (χ1v) is 16.7. The first kappa shape index (κ1) is 44.5. The summed E-state index contributed by atoms with van der Waals surface area (Å²) in [6, 6.07) is 17.2. The normalized spacial score (nSPS) is 21.3. The highest BCUT2D eigenvalue weighted by atomic mass is 19.4. The SMILES string of the molecule is C=C[C@@H]1C[C@@]2(C(=O)Nc3cc(OC)ccc32)[C@H](c2ccccc2)N1Cc1ccc(CCC(F)(F)C(F)(F)C(F)(F)C(F)(F)C(F)(F)C(F)(F)C(F)(F)C(F)(F)F)cc1. The van der Waals surface area contributed by atoms with E-state index in [0.29, 0.717) is 28.1 Å². The number of benzene rings is 3. The molecule has 0 bridgehead atoms. The van der Waals surface area contributed by atoms with Crippen molar-refractivity contribution in [2.45, 2.75) is 90.9 Å². The van der Waals surface area contributed by atoms with Gasteiger partial charge in [-0.15, -0.1) is 6.58 Å². The van der Waals surface area contributed by atoms with Crippen LogP contribution in [0.3, 0.4) is 0 Å². The molecular weight excluding hydrogens is 827 g/mol. The predicted octanol–water partition coefficient (Wildman–Crippen LogP) is 11.0. The summed E-state index contributed by atoms with van der Waals surface area (Å²) in [5.74, 6) is -56.5. The monoisotopic (exact) mass is 856 g/mol. The summed E-state index contributed by atoms with van der Waals surface area (Å²) in [6.07, 6.45) is -9.95. The molecule has 3 atom stereocenters. The van der Waals surface area contributed by atoms with Gasteiger partial charge in [-0.1, -0.05) is 66.7 Å². The predicted molar refractivity (Wildman–Crippen MR) is 172 cm³/mol. The van der Waals surface area contributed by atoms with E-state index in [1.165, 1.54) is 19.2 Å². The quantitative estimate of drug-likeness (QED) is 0.130. The van der Waals surface area contributed by atoms with Crippen molar-refractivity contribution in [1.29, 1.82) is 0 Å². The number of nitrogens with one attached hydrogen (secondary N) is 1. The number of ether oxygens (including phenoxy) is 1. The Morgan fingerprint density at radius 2 is 1.24 bits per heavy atom. The van der Waals surface area contributed by atoms with Crippen LogP contribution in [-0.4, -0.2) is 71.6 Å². The summed E-state index contributed by atoms with van der Waals surface area (Å²) in [4.78, 5) is 15.8. The lowest BCUT2D eigenvalue weighted by Crippen LogP contribution is -2.74. The van der Waals surface area contributed by atoms with Gasteiger partial charge in [-0.3, -0.25) is 9.69 Å². The number of methoxy groups -OCH3 is 1. The minimum atomic E-state index is -8.67. The van der Waals surface area contributed by atoms with Gasteiger partial charge in [0.05, 0.1) is 18.6 Å². The summed E-state index contributed by atoms with van der Waals surface area (Å²) in [7, 11) is 1.44. The molecule has 5 rings (SSSR count). The van der Waals surface area contributed by atoms with Crippen molar-refractivity contribution >= 4 is 11.6 Å². The number of carbonyl (C=O) groups excluding carboxylic acids is 1. The zero-order valence-corrected chi connectivity index (χ0v) is 29.4. The zero-order valence-electron chi connectivity index (χ0n) is 29.4. The maximum Gasteiger partial charge on any atom is 0.460 e. The van der Waals surface area contributed by atoms with Gasteiger partial charge in [0.15, 0.2) is 0 Å². The minimum Gasteiger partial charge on any atom is -0.497 e. The van der Waals surface area contributed by atoms with Gasteiger partial charge < -0.3 is 10.1 Å². The summed E-state index contributed by atoms with van der Waals surface area (Å²) >= 11 is 0. The fraction of sp³-hybridized carbons (Fsp3) is 0.432. The van der Waals surface area contributed by atoms with Gasteiger partial charge in [-0.05, 0) is 41.2 Å². The highest BCUT2D eigenvalue weighted by Gasteiger charge is 2.95. The molecule has 1 spiro atoms. The molecule has 2 aliphatic heterocycles. The van der Waals surface area contributed by atoms with Gasteiger partial charge in [0.1, 0.15) is 5.75 Å². The zero-order chi connectivity index (χ0) is 43.7. The Bertz CT molecular complexity index is 2000. The van der Waals surface area contributed by atoms with Crippen molar-refractivity contribution in [2.75, 3.05) is 12.4 Å². The number of alkyl halides is 17. The summed E-state index contributed by atoms with van der Waals surface area (Å²) in [6.45, 7) is 3.91. The standard InChI is InChI=1S/C37H29F17N2O2/c1-3-23-18-29(25-14-13-24(58-2)17-26(25)55-28(29)57)27(22-7-5-4-6-8-22)56(23)19-21-11-9-20(10-12-21)15-16-30(38,39)31(40,41)32(42,43)33(44,45)34(46,47)35(48,49)36(50,51)37(52,53)54/h3-14,17,23,27H,1,15-16,18-19H2,2H3,(H,55,57)/t23-,27+,29+/m1/s1. The minimum absolute atomic E-state index is 0.0127. The van der Waals surface area contributed by atoms with Gasteiger partial charge in [-0.25, -0.2) is 0 Å². The highest BCUT2D eigenvalue weighted by molar-refractivity contribution is 6.07. The molecule has 4 nitrogen and oxygen atoms in total. The van der Waals surface area contributed by atoms with Crippen molar-refractivity contribution in [3.05, 3.63) is 108 Å². The van der Waals surface area contributed by atoms with Crippen LogP contribution in [0.1, 0.15) is 41.1 Å². The van der Waals surface area contributed by atoms with E-state index >= 15 is 0 Å². The van der Waals surface area contributed by atoms with Gasteiger partial charge >= 0.3 is 47.6 Å². The van der Waals surface area contributed by atoms with Gasteiger partial charge in [0.2, 0.25) is 5.91 Å². The molecule has 0 unspecified atom stereocenters. The molecule has 1 amide bonds. The molecular formula is C37H29F17N2O2. The van der Waals surface area contributed by atoms with Crippen molar-refractivity contribution in [3.63, 3.8) is 0 Å². The van der Waals surface area contributed by atoms with Gasteiger partial charge in [0.25, 0.3) is 0 Å². The van der Waals surface area contributed by atoms with Crippen LogP contribution in [0.5, 0.6) is 5.75 Å². The molecule has 58 heavy (non-hydrogen) atoms. The third-order valence-electron chi connectivity index (χ3n) is 10.4. The molecule has 0 radical (unpaired) electrons. The number of fused-ring (bicyclic) bond motifs is 2. The average Bonchev–Trinajstić information content (AvgIpc) is 3.62. The number of amides is 1. The molecule has 1 N–H and O–H groups in total. The van der Waals surface area contributed by atoms with E-state index in [2.05, 4.69) is 11.9 Å². The van der Waals surface area contributed by atoms with Crippen LogP contribution in [0, 0.1) is 0 Å². The topological polar surface area (TPSA) is 41.6 Å². The number of hydrogen-bond donors (Lipinski definition) is 1. The van der Waals surface area contributed by atoms with Crippen LogP contribution in [0.2, 0.25) is 0 Å². The third kappa shape index (κ3) is 6.45. The molecule has 0 saturated carbocycles. The molecule has 21 heteroatoms. The lowest BCUT2D eigenvalue weighted by Gasteiger charge is -2.42. The smallest absolute Gasteiger partial charge is 0.460 e. The highest BCUT2D eigenvalue weighted by Crippen LogP contribution is 2.64. The maximum absolute atomic E-state index is 14.6. The van der Waals surface area contributed by atoms with Crippen LogP contribution in [-0.2, 0) is 23.2 Å². The number of anilines is 1. The van der Waals surface area contributed by atoms with Crippen LogP contribution < -0.4 is 10.1 Å². The second-order valence-corrected chi connectivity index (χ2v) is 13.8. The Balaban J connectivity index is 1.38. The molecule has 0 aromatic heterocycles.